The monoisotopic (exact) mass is 537 g/mol. The highest BCUT2D eigenvalue weighted by Crippen LogP contribution is 2.37. The van der Waals surface area contributed by atoms with Crippen LogP contribution >= 0.6 is 11.6 Å². The van der Waals surface area contributed by atoms with E-state index in [1.165, 1.54) is 81.0 Å². The molecular weight excluding hydrogens is 517 g/mol. The van der Waals surface area contributed by atoms with Gasteiger partial charge in [-0.15, -0.1) is 0 Å². The number of nitrogens with zero attached hydrogens (tertiary/aromatic N) is 1. The topological polar surface area (TPSA) is 127 Å². The number of ether oxygens (including phenoxy) is 3. The second-order valence-electron chi connectivity index (χ2n) is 7.57. The number of rotatable bonds is 9. The molecule has 0 unspecified atom stereocenters. The highest BCUT2D eigenvalue weighted by atomic mass is 35.5. The Morgan fingerprint density at radius 1 is 1.00 bits per heavy atom. The summed E-state index contributed by atoms with van der Waals surface area (Å²) in [4.78, 5) is 36.4. The average molecular weight is 538 g/mol. The molecule has 0 aliphatic carbocycles. The quantitative estimate of drug-likeness (QED) is 0.227. The predicted molar refractivity (Wildman–Crippen MR) is 139 cm³/mol. The van der Waals surface area contributed by atoms with E-state index in [1.54, 1.807) is 0 Å². The Labute approximate surface area is 222 Å². The zero-order valence-electron chi connectivity index (χ0n) is 20.2. The van der Waals surface area contributed by atoms with E-state index < -0.39 is 30.2 Å². The lowest BCUT2D eigenvalue weighted by Crippen LogP contribution is -2.20. The van der Waals surface area contributed by atoms with E-state index in [9.17, 15) is 24.0 Å². The van der Waals surface area contributed by atoms with Crippen LogP contribution in [0.5, 0.6) is 11.5 Å². The summed E-state index contributed by atoms with van der Waals surface area (Å²) in [5.41, 5.74) is 1.19. The first-order valence-corrected chi connectivity index (χ1v) is 11.3. The zero-order valence-corrected chi connectivity index (χ0v) is 21.0. The summed E-state index contributed by atoms with van der Waals surface area (Å²) in [5, 5.41) is 14.7. The molecule has 0 aliphatic rings. The van der Waals surface area contributed by atoms with E-state index in [2.05, 4.69) is 15.4 Å². The van der Waals surface area contributed by atoms with Gasteiger partial charge in [0, 0.05) is 11.4 Å². The molecule has 0 atom stereocenters. The summed E-state index contributed by atoms with van der Waals surface area (Å²) in [6.45, 7) is -0.413. The van der Waals surface area contributed by atoms with Crippen LogP contribution in [0.1, 0.15) is 15.9 Å². The molecule has 3 aromatic carbocycles. The molecule has 0 aromatic heterocycles. The van der Waals surface area contributed by atoms with E-state index >= 15 is 0 Å². The lowest BCUT2D eigenvalue weighted by Gasteiger charge is -2.13. The number of anilines is 2. The number of esters is 1. The minimum atomic E-state index is -0.689. The van der Waals surface area contributed by atoms with Crippen LogP contribution in [0, 0.1) is 17.1 Å². The zero-order chi connectivity index (χ0) is 27.7. The number of nitriles is 1. The molecule has 0 saturated carbocycles. The Morgan fingerprint density at radius 2 is 1.63 bits per heavy atom. The molecule has 0 spiro atoms. The average Bonchev–Trinajstić information content (AvgIpc) is 2.91. The van der Waals surface area contributed by atoms with Crippen LogP contribution in [-0.4, -0.2) is 38.6 Å². The highest BCUT2D eigenvalue weighted by molar-refractivity contribution is 6.32. The molecular formula is C27H21ClFN3O6. The lowest BCUT2D eigenvalue weighted by molar-refractivity contribution is -0.118. The molecule has 0 fully saturated rings. The maximum atomic E-state index is 13.0. The standard InChI is InChI=1S/C27H21ClFN3O6/c1-36-23-13-16(11-18(14-30)26(34)32-21-7-3-17(4-8-21)27(35)37-2)12-22(28)25(23)38-15-24(33)31-20-9-5-19(29)6-10-20/h3-13H,15H2,1-2H3,(H,31,33)(H,32,34)/b18-11-. The van der Waals surface area contributed by atoms with Gasteiger partial charge in [-0.2, -0.15) is 5.26 Å². The van der Waals surface area contributed by atoms with Crippen LogP contribution < -0.4 is 20.1 Å². The van der Waals surface area contributed by atoms with Gasteiger partial charge < -0.3 is 24.8 Å². The minimum absolute atomic E-state index is 0.0706. The summed E-state index contributed by atoms with van der Waals surface area (Å²) < 4.78 is 28.5. The number of amides is 2. The van der Waals surface area contributed by atoms with Crippen molar-refractivity contribution in [3.05, 3.63) is 88.2 Å². The number of methoxy groups -OCH3 is 2. The van der Waals surface area contributed by atoms with Gasteiger partial charge in [-0.05, 0) is 72.3 Å². The molecule has 3 aromatic rings. The van der Waals surface area contributed by atoms with Gasteiger partial charge in [0.1, 0.15) is 17.5 Å². The predicted octanol–water partition coefficient (Wildman–Crippen LogP) is 4.84. The number of nitrogens with one attached hydrogen (secondary N) is 2. The fraction of sp³-hybridized carbons (Fsp3) is 0.111. The second-order valence-corrected chi connectivity index (χ2v) is 7.98. The van der Waals surface area contributed by atoms with Crippen molar-refractivity contribution in [3.8, 4) is 17.6 Å². The van der Waals surface area contributed by atoms with Gasteiger partial charge in [0.2, 0.25) is 0 Å². The van der Waals surface area contributed by atoms with Crippen LogP contribution in [0.15, 0.2) is 66.2 Å². The number of carbonyl (C=O) groups excluding carboxylic acids is 3. The van der Waals surface area contributed by atoms with Crippen molar-refractivity contribution >= 4 is 46.8 Å². The first kappa shape index (κ1) is 27.7. The smallest absolute Gasteiger partial charge is 0.337 e. The van der Waals surface area contributed by atoms with Crippen LogP contribution in [-0.2, 0) is 14.3 Å². The highest BCUT2D eigenvalue weighted by Gasteiger charge is 2.16. The molecule has 0 heterocycles. The van der Waals surface area contributed by atoms with Crippen LogP contribution in [0.2, 0.25) is 5.02 Å². The van der Waals surface area contributed by atoms with Crippen molar-refractivity contribution < 1.29 is 33.0 Å². The molecule has 0 aliphatic heterocycles. The van der Waals surface area contributed by atoms with E-state index in [-0.39, 0.29) is 22.1 Å². The lowest BCUT2D eigenvalue weighted by atomic mass is 10.1. The number of carbonyl (C=O) groups is 3. The third-order valence-corrected chi connectivity index (χ3v) is 5.25. The molecule has 2 N–H and O–H groups in total. The molecule has 11 heteroatoms. The summed E-state index contributed by atoms with van der Waals surface area (Å²) in [6, 6.07) is 15.9. The maximum absolute atomic E-state index is 13.0. The van der Waals surface area contributed by atoms with Crippen molar-refractivity contribution in [2.24, 2.45) is 0 Å². The normalized spacial score (nSPS) is 10.7. The first-order chi connectivity index (χ1) is 18.2. The molecule has 3 rings (SSSR count). The van der Waals surface area contributed by atoms with Crippen molar-refractivity contribution in [1.29, 1.82) is 5.26 Å². The number of hydrogen-bond acceptors (Lipinski definition) is 7. The van der Waals surface area contributed by atoms with Crippen molar-refractivity contribution in [2.45, 2.75) is 0 Å². The number of halogens is 2. The van der Waals surface area contributed by atoms with Crippen molar-refractivity contribution in [3.63, 3.8) is 0 Å². The molecule has 9 nitrogen and oxygen atoms in total. The van der Waals surface area contributed by atoms with Crippen LogP contribution in [0.3, 0.4) is 0 Å². The Morgan fingerprint density at radius 3 is 2.24 bits per heavy atom. The van der Waals surface area contributed by atoms with Crippen molar-refractivity contribution in [2.75, 3.05) is 31.5 Å². The summed E-state index contributed by atoms with van der Waals surface area (Å²) in [7, 11) is 2.62. The van der Waals surface area contributed by atoms with Gasteiger partial charge in [-0.25, -0.2) is 9.18 Å². The summed E-state index contributed by atoms with van der Waals surface area (Å²) >= 11 is 6.33. The Hall–Kier alpha value is -4.88. The second kappa shape index (κ2) is 12.9. The Kier molecular flexibility index (Phi) is 9.40. The number of benzene rings is 3. The molecule has 0 bridgehead atoms. The maximum Gasteiger partial charge on any atom is 0.337 e. The fourth-order valence-corrected chi connectivity index (χ4v) is 3.43. The molecule has 0 saturated heterocycles. The van der Waals surface area contributed by atoms with E-state index in [0.717, 1.165) is 0 Å². The van der Waals surface area contributed by atoms with Gasteiger partial charge in [-0.1, -0.05) is 11.6 Å². The SMILES string of the molecule is COC(=O)c1ccc(NC(=O)/C(C#N)=C\c2cc(Cl)c(OCC(=O)Nc3ccc(F)cc3)c(OC)c2)cc1. The number of hydrogen-bond donors (Lipinski definition) is 2. The van der Waals surface area contributed by atoms with Gasteiger partial charge >= 0.3 is 5.97 Å². The van der Waals surface area contributed by atoms with E-state index in [0.29, 0.717) is 22.5 Å². The van der Waals surface area contributed by atoms with E-state index in [1.807, 2.05) is 6.07 Å². The van der Waals surface area contributed by atoms with Gasteiger partial charge in [-0.3, -0.25) is 9.59 Å². The van der Waals surface area contributed by atoms with Crippen molar-refractivity contribution in [1.82, 2.24) is 0 Å². The van der Waals surface area contributed by atoms with Gasteiger partial charge in [0.25, 0.3) is 11.8 Å². The Bertz CT molecular complexity index is 1420. The molecule has 2 amide bonds. The summed E-state index contributed by atoms with van der Waals surface area (Å²) in [5.74, 6) is -1.92. The third-order valence-electron chi connectivity index (χ3n) is 4.97. The molecule has 194 valence electrons. The van der Waals surface area contributed by atoms with Crippen LogP contribution in [0.25, 0.3) is 6.08 Å². The Balaban J connectivity index is 1.71. The molecule has 38 heavy (non-hydrogen) atoms. The third kappa shape index (κ3) is 7.32. The van der Waals surface area contributed by atoms with E-state index in [4.69, 9.17) is 21.1 Å². The fourth-order valence-electron chi connectivity index (χ4n) is 3.15. The minimum Gasteiger partial charge on any atom is -0.493 e. The largest absolute Gasteiger partial charge is 0.493 e. The summed E-state index contributed by atoms with van der Waals surface area (Å²) in [6.07, 6.45) is 1.30. The molecule has 0 radical (unpaired) electrons. The van der Waals surface area contributed by atoms with Gasteiger partial charge in [0.05, 0.1) is 24.8 Å². The van der Waals surface area contributed by atoms with Crippen LogP contribution in [0.4, 0.5) is 15.8 Å². The first-order valence-electron chi connectivity index (χ1n) is 10.9. The van der Waals surface area contributed by atoms with Gasteiger partial charge in [0.15, 0.2) is 18.1 Å².